The van der Waals surface area contributed by atoms with Gasteiger partial charge in [0.25, 0.3) is 0 Å². The average molecular weight is 253 g/mol. The number of hydrogen-bond donors (Lipinski definition) is 2. The summed E-state index contributed by atoms with van der Waals surface area (Å²) in [5.74, 6) is -0.481. The predicted molar refractivity (Wildman–Crippen MR) is 68.5 cm³/mol. The summed E-state index contributed by atoms with van der Waals surface area (Å²) >= 11 is 0. The molecule has 0 aromatic carbocycles. The average Bonchev–Trinajstić information content (AvgIpc) is 2.39. The van der Waals surface area contributed by atoms with E-state index >= 15 is 0 Å². The Morgan fingerprint density at radius 1 is 1.11 bits per heavy atom. The topological polar surface area (TPSA) is 89.4 Å². The molecule has 1 heterocycles. The number of nitrogens with zero attached hydrogens (tertiary/aromatic N) is 1. The number of amides is 2. The first-order chi connectivity index (χ1) is 8.53. The summed E-state index contributed by atoms with van der Waals surface area (Å²) < 4.78 is 0. The third-order valence-corrected chi connectivity index (χ3v) is 4.28. The minimum Gasteiger partial charge on any atom is -0.369 e. The van der Waals surface area contributed by atoms with Crippen LogP contribution in [0.3, 0.4) is 0 Å². The Kier molecular flexibility index (Phi) is 3.90. The number of carbonyl (C=O) groups is 2. The Morgan fingerprint density at radius 3 is 2.39 bits per heavy atom. The molecule has 2 aliphatic rings. The van der Waals surface area contributed by atoms with Gasteiger partial charge in [-0.3, -0.25) is 9.59 Å². The highest BCUT2D eigenvalue weighted by atomic mass is 16.2. The van der Waals surface area contributed by atoms with Crippen LogP contribution in [-0.2, 0) is 9.59 Å². The van der Waals surface area contributed by atoms with Crippen LogP contribution >= 0.6 is 0 Å². The van der Waals surface area contributed by atoms with E-state index in [1.54, 1.807) is 4.90 Å². The van der Waals surface area contributed by atoms with Crippen LogP contribution in [0, 0.1) is 5.92 Å². The van der Waals surface area contributed by atoms with Crippen molar-refractivity contribution in [3.05, 3.63) is 0 Å². The van der Waals surface area contributed by atoms with Crippen molar-refractivity contribution in [2.75, 3.05) is 13.1 Å². The highest BCUT2D eigenvalue weighted by molar-refractivity contribution is 5.87. The normalized spacial score (nSPS) is 27.8. The second kappa shape index (κ2) is 5.26. The van der Waals surface area contributed by atoms with Gasteiger partial charge < -0.3 is 16.4 Å². The van der Waals surface area contributed by atoms with Crippen molar-refractivity contribution in [3.63, 3.8) is 0 Å². The van der Waals surface area contributed by atoms with Crippen molar-refractivity contribution in [3.8, 4) is 0 Å². The van der Waals surface area contributed by atoms with E-state index in [2.05, 4.69) is 0 Å². The van der Waals surface area contributed by atoms with Gasteiger partial charge in [-0.2, -0.15) is 0 Å². The van der Waals surface area contributed by atoms with Gasteiger partial charge in [0.15, 0.2) is 0 Å². The summed E-state index contributed by atoms with van der Waals surface area (Å²) in [7, 11) is 0. The zero-order valence-corrected chi connectivity index (χ0v) is 10.9. The summed E-state index contributed by atoms with van der Waals surface area (Å²) in [4.78, 5) is 25.5. The van der Waals surface area contributed by atoms with Crippen molar-refractivity contribution in [1.82, 2.24) is 4.90 Å². The molecule has 1 unspecified atom stereocenters. The van der Waals surface area contributed by atoms with Gasteiger partial charge in [-0.1, -0.05) is 19.3 Å². The number of primary amides is 1. The molecule has 1 atom stereocenters. The Morgan fingerprint density at radius 2 is 1.78 bits per heavy atom. The van der Waals surface area contributed by atoms with Crippen molar-refractivity contribution in [1.29, 1.82) is 0 Å². The molecule has 5 nitrogen and oxygen atoms in total. The zero-order chi connectivity index (χ0) is 13.2. The minimum atomic E-state index is -0.697. The van der Waals surface area contributed by atoms with E-state index in [4.69, 9.17) is 11.5 Å². The van der Waals surface area contributed by atoms with Crippen LogP contribution in [0.2, 0.25) is 0 Å². The van der Waals surface area contributed by atoms with Crippen molar-refractivity contribution in [2.45, 2.75) is 50.5 Å². The number of hydrogen-bond acceptors (Lipinski definition) is 3. The monoisotopic (exact) mass is 253 g/mol. The highest BCUT2D eigenvalue weighted by Gasteiger charge is 2.40. The molecule has 2 amide bonds. The zero-order valence-electron chi connectivity index (χ0n) is 10.9. The Labute approximate surface area is 108 Å². The number of nitrogens with two attached hydrogens (primary N) is 2. The molecule has 2 fully saturated rings. The van der Waals surface area contributed by atoms with E-state index in [0.29, 0.717) is 13.1 Å². The fourth-order valence-electron chi connectivity index (χ4n) is 3.11. The van der Waals surface area contributed by atoms with Gasteiger partial charge in [-0.05, 0) is 25.7 Å². The van der Waals surface area contributed by atoms with Gasteiger partial charge in [-0.15, -0.1) is 0 Å². The van der Waals surface area contributed by atoms with E-state index in [1.165, 1.54) is 0 Å². The van der Waals surface area contributed by atoms with E-state index < -0.39 is 5.54 Å². The Hall–Kier alpha value is -1.10. The highest BCUT2D eigenvalue weighted by Crippen LogP contribution is 2.29. The molecule has 1 aliphatic carbocycles. The fraction of sp³-hybridized carbons (Fsp3) is 0.846. The first-order valence-corrected chi connectivity index (χ1v) is 6.90. The fourth-order valence-corrected chi connectivity index (χ4v) is 3.11. The second-order valence-corrected chi connectivity index (χ2v) is 5.71. The summed E-state index contributed by atoms with van der Waals surface area (Å²) in [6, 6.07) is 0. The molecule has 0 spiro atoms. The minimum absolute atomic E-state index is 0.0214. The number of rotatable bonds is 2. The van der Waals surface area contributed by atoms with Crippen LogP contribution in [0.4, 0.5) is 0 Å². The smallest absolute Gasteiger partial charge is 0.242 e. The standard InChI is InChI=1S/C13H23N3O2/c14-11(17)10-5-4-8-16(9-10)12(18)13(15)6-2-1-3-7-13/h10H,1-9,15H2,(H2,14,17). The molecule has 0 aromatic rings. The molecule has 18 heavy (non-hydrogen) atoms. The number of likely N-dealkylation sites (tertiary alicyclic amines) is 1. The van der Waals surface area contributed by atoms with Crippen molar-refractivity contribution in [2.24, 2.45) is 17.4 Å². The molecule has 0 bridgehead atoms. The molecule has 5 heteroatoms. The Balaban J connectivity index is 2.01. The van der Waals surface area contributed by atoms with E-state index in [9.17, 15) is 9.59 Å². The van der Waals surface area contributed by atoms with E-state index in [-0.39, 0.29) is 17.7 Å². The lowest BCUT2D eigenvalue weighted by Gasteiger charge is -2.39. The second-order valence-electron chi connectivity index (χ2n) is 5.71. The molecule has 0 radical (unpaired) electrons. The lowest BCUT2D eigenvalue weighted by Crippen LogP contribution is -2.58. The molecule has 4 N–H and O–H groups in total. The summed E-state index contributed by atoms with van der Waals surface area (Å²) in [6.45, 7) is 1.16. The van der Waals surface area contributed by atoms with Crippen molar-refractivity contribution < 1.29 is 9.59 Å². The van der Waals surface area contributed by atoms with Gasteiger partial charge in [0, 0.05) is 13.1 Å². The van der Waals surface area contributed by atoms with Crippen molar-refractivity contribution >= 4 is 11.8 Å². The maximum atomic E-state index is 12.5. The first kappa shape index (κ1) is 13.3. The molecule has 1 aliphatic heterocycles. The summed E-state index contributed by atoms with van der Waals surface area (Å²) in [5, 5.41) is 0. The first-order valence-electron chi connectivity index (χ1n) is 6.90. The van der Waals surface area contributed by atoms with Gasteiger partial charge >= 0.3 is 0 Å². The maximum absolute atomic E-state index is 12.5. The molecular weight excluding hydrogens is 230 g/mol. The third-order valence-electron chi connectivity index (χ3n) is 4.28. The Bertz CT molecular complexity index is 337. The molecule has 1 saturated heterocycles. The number of piperidine rings is 1. The van der Waals surface area contributed by atoms with Crippen LogP contribution in [0.1, 0.15) is 44.9 Å². The number of carbonyl (C=O) groups excluding carboxylic acids is 2. The van der Waals surface area contributed by atoms with E-state index in [1.807, 2.05) is 0 Å². The lowest BCUT2D eigenvalue weighted by molar-refractivity contribution is -0.141. The van der Waals surface area contributed by atoms with Crippen LogP contribution in [0.25, 0.3) is 0 Å². The largest absolute Gasteiger partial charge is 0.369 e. The third kappa shape index (κ3) is 2.66. The predicted octanol–water partition coefficient (Wildman–Crippen LogP) is 0.372. The molecular formula is C13H23N3O2. The van der Waals surface area contributed by atoms with Crippen LogP contribution in [-0.4, -0.2) is 35.3 Å². The molecule has 1 saturated carbocycles. The van der Waals surface area contributed by atoms with Crippen LogP contribution < -0.4 is 11.5 Å². The van der Waals surface area contributed by atoms with Gasteiger partial charge in [0.2, 0.25) is 11.8 Å². The molecule has 0 aromatic heterocycles. The van der Waals surface area contributed by atoms with Gasteiger partial charge in [-0.25, -0.2) is 0 Å². The van der Waals surface area contributed by atoms with Gasteiger partial charge in [0.05, 0.1) is 11.5 Å². The SMILES string of the molecule is NC(=O)C1CCCN(C(=O)C2(N)CCCCC2)C1. The van der Waals surface area contributed by atoms with E-state index in [0.717, 1.165) is 44.9 Å². The molecule has 102 valence electrons. The molecule has 2 rings (SSSR count). The summed E-state index contributed by atoms with van der Waals surface area (Å²) in [5.41, 5.74) is 10.9. The maximum Gasteiger partial charge on any atom is 0.242 e. The quantitative estimate of drug-likeness (QED) is 0.745. The van der Waals surface area contributed by atoms with Crippen LogP contribution in [0.15, 0.2) is 0 Å². The van der Waals surface area contributed by atoms with Crippen LogP contribution in [0.5, 0.6) is 0 Å². The summed E-state index contributed by atoms with van der Waals surface area (Å²) in [6.07, 6.45) is 6.38. The van der Waals surface area contributed by atoms with Gasteiger partial charge in [0.1, 0.15) is 0 Å². The lowest BCUT2D eigenvalue weighted by atomic mass is 9.81.